The largest absolute Gasteiger partial charge is 0.431 e. The molecule has 4 aromatic heterocycles. The molecule has 9 rings (SSSR count). The summed E-state index contributed by atoms with van der Waals surface area (Å²) in [5, 5.41) is 0.561. The van der Waals surface area contributed by atoms with Crippen LogP contribution in [0, 0.1) is 6.92 Å². The van der Waals surface area contributed by atoms with E-state index in [4.69, 9.17) is 69.6 Å². The molecule has 2 unspecified atom stereocenters. The van der Waals surface area contributed by atoms with E-state index in [-0.39, 0.29) is 106 Å². The fourth-order valence-corrected chi connectivity index (χ4v) is 9.38. The number of nitrogens with zero attached hydrogens (tertiary/aromatic N) is 6. The Labute approximate surface area is 426 Å². The van der Waals surface area contributed by atoms with Crippen molar-refractivity contribution in [2.75, 3.05) is 50.6 Å². The minimum atomic E-state index is -3.81. The van der Waals surface area contributed by atoms with Crippen molar-refractivity contribution in [3.8, 4) is 0 Å². The fraction of sp³-hybridized carbons (Fsp3) is 0.234. The molecule has 24 nitrogen and oxygen atoms in total. The monoisotopic (exact) mass is 1070 g/mol. The summed E-state index contributed by atoms with van der Waals surface area (Å²) in [6.45, 7) is 9.69. The number of aromatic amines is 2. The van der Waals surface area contributed by atoms with Gasteiger partial charge in [-0.05, 0) is 55.5 Å². The van der Waals surface area contributed by atoms with Crippen LogP contribution in [0.5, 0.6) is 0 Å². The predicted octanol–water partition coefficient (Wildman–Crippen LogP) is 7.41. The van der Waals surface area contributed by atoms with Gasteiger partial charge in [-0.2, -0.15) is 9.97 Å². The maximum absolute atomic E-state index is 13.8. The molecule has 0 bridgehead atoms. The maximum atomic E-state index is 13.8. The number of nitrogens with two attached hydrogens (primary N) is 2. The number of aryl methyl sites for hydroxylation is 1. The molecule has 0 radical (unpaired) electrons. The van der Waals surface area contributed by atoms with Crippen LogP contribution >= 0.6 is 26.8 Å². The van der Waals surface area contributed by atoms with E-state index in [1.54, 1.807) is 33.4 Å². The summed E-state index contributed by atoms with van der Waals surface area (Å²) in [7, 11) is -7.49. The van der Waals surface area contributed by atoms with Crippen LogP contribution in [0.25, 0.3) is 28.1 Å². The van der Waals surface area contributed by atoms with Crippen LogP contribution in [0.2, 0.25) is 5.02 Å². The molecule has 0 saturated carbocycles. The highest BCUT2D eigenvalue weighted by Gasteiger charge is 2.31. The second kappa shape index (κ2) is 24.1. The molecule has 388 valence electrons. The number of imidazole rings is 2. The minimum absolute atomic E-state index is 0.0160. The van der Waals surface area contributed by atoms with Crippen molar-refractivity contribution in [1.82, 2.24) is 39.0 Å². The topological polar surface area (TPSA) is 306 Å². The van der Waals surface area contributed by atoms with Gasteiger partial charge in [0.05, 0.1) is 39.1 Å². The van der Waals surface area contributed by atoms with Crippen LogP contribution in [-0.2, 0) is 81.9 Å². The fourth-order valence-electron chi connectivity index (χ4n) is 6.77. The van der Waals surface area contributed by atoms with E-state index < -0.39 is 26.3 Å². The maximum Gasteiger partial charge on any atom is 0.356 e. The van der Waals surface area contributed by atoms with Crippen molar-refractivity contribution >= 4 is 66.8 Å². The molecule has 6 N–H and O–H groups in total. The normalized spacial score (nSPS) is 14.9. The van der Waals surface area contributed by atoms with E-state index >= 15 is 0 Å². The molecule has 2 aliphatic heterocycles. The van der Waals surface area contributed by atoms with Crippen molar-refractivity contribution < 1.29 is 55.6 Å². The lowest BCUT2D eigenvalue weighted by Gasteiger charge is -2.19. The van der Waals surface area contributed by atoms with E-state index in [0.717, 1.165) is 16.7 Å². The Morgan fingerprint density at radius 3 is 1.73 bits per heavy atom. The number of anilines is 2. The van der Waals surface area contributed by atoms with Gasteiger partial charge in [0.2, 0.25) is 11.9 Å². The quantitative estimate of drug-likeness (QED) is 0.0358. The first-order valence-corrected chi connectivity index (χ1v) is 26.1. The van der Waals surface area contributed by atoms with Gasteiger partial charge >= 0.3 is 15.2 Å². The van der Waals surface area contributed by atoms with Gasteiger partial charge in [-0.1, -0.05) is 71.8 Å². The Morgan fingerprint density at radius 1 is 0.662 bits per heavy atom. The first-order chi connectivity index (χ1) is 35.6. The molecule has 0 aliphatic carbocycles. The van der Waals surface area contributed by atoms with E-state index in [0.29, 0.717) is 33.4 Å². The average Bonchev–Trinajstić information content (AvgIpc) is 4.20. The van der Waals surface area contributed by atoms with Gasteiger partial charge < -0.3 is 58.1 Å². The van der Waals surface area contributed by atoms with Gasteiger partial charge in [0.25, 0.3) is 23.0 Å². The van der Waals surface area contributed by atoms with Crippen LogP contribution < -0.4 is 22.6 Å². The summed E-state index contributed by atoms with van der Waals surface area (Å²) >= 11 is 6.00. The van der Waals surface area contributed by atoms with Crippen LogP contribution in [0.4, 0.5) is 11.9 Å². The summed E-state index contributed by atoms with van der Waals surface area (Å²) in [5.41, 5.74) is 14.8. The number of aromatic nitrogens is 8. The molecule has 0 amide bonds. The van der Waals surface area contributed by atoms with Crippen molar-refractivity contribution in [3.05, 3.63) is 182 Å². The van der Waals surface area contributed by atoms with Gasteiger partial charge in [0.15, 0.2) is 39.6 Å². The van der Waals surface area contributed by atoms with Gasteiger partial charge in [-0.15, -0.1) is 0 Å². The summed E-state index contributed by atoms with van der Waals surface area (Å²) in [5.74, 6) is 1.06. The van der Waals surface area contributed by atoms with Crippen molar-refractivity contribution in [3.63, 3.8) is 0 Å². The smallest absolute Gasteiger partial charge is 0.356 e. The highest BCUT2D eigenvalue weighted by atomic mass is 35.5. The van der Waals surface area contributed by atoms with Gasteiger partial charge in [-0.25, -0.2) is 9.97 Å². The van der Waals surface area contributed by atoms with Gasteiger partial charge in [0.1, 0.15) is 32.2 Å². The standard InChI is InChI=1S/C26H25ClN5O7P.C21H24N5O7P/c1-17-38-21(23(39-17)19-7-9-20(27)10-8-19)14-37-40(34,36-13-18-5-3-2-4-6-18)16-35-12-11-32-15-29-22-24(32)30-26(28)31-25(22)33;1-14-3-5-16(6-4-14)9-31-34(28,32-11-17-10-30-15(2)33-17)13-29-8-7-26-12-23-18-19(26)24-21(22)25-20(18)27/h2-10,15H,1,11-14,16H2,(H3,28,30,31,33);3-6,10,12H,2,7-9,11,13H2,1H3,(H3,22,24,25,27). The Kier molecular flexibility index (Phi) is 17.2. The first-order valence-electron chi connectivity index (χ1n) is 22.3. The van der Waals surface area contributed by atoms with Gasteiger partial charge in [0, 0.05) is 23.7 Å². The van der Waals surface area contributed by atoms with Crippen molar-refractivity contribution in [1.29, 1.82) is 0 Å². The summed E-state index contributed by atoms with van der Waals surface area (Å²) in [4.78, 5) is 45.0. The second-order valence-electron chi connectivity index (χ2n) is 16.0. The van der Waals surface area contributed by atoms with Crippen LogP contribution in [0.3, 0.4) is 0 Å². The van der Waals surface area contributed by atoms with E-state index in [1.807, 2.05) is 61.5 Å². The van der Waals surface area contributed by atoms with Gasteiger partial charge in [-0.3, -0.25) is 37.7 Å². The SMILES string of the molecule is C=C1OC(COP(=O)(COCCn2cnc3c(=O)[nH]c(N)nc32)OCc2ccccc2)=C(c2ccc(Cl)cc2)O1.C=C1OC=C(COP(=O)(COCCn2cnc3c(=O)[nH]c(N)nc32)OCc2ccc(C)cc2)O1. The molecule has 74 heavy (non-hydrogen) atoms. The Bertz CT molecular complexity index is 3420. The molecule has 0 spiro atoms. The number of nitrogen functional groups attached to an aromatic ring is 2. The number of fused-ring (bicyclic) bond motifs is 2. The lowest BCUT2D eigenvalue weighted by atomic mass is 10.2. The molecule has 3 aromatic carbocycles. The zero-order chi connectivity index (χ0) is 52.2. The van der Waals surface area contributed by atoms with Crippen LogP contribution in [0.15, 0.2) is 144 Å². The summed E-state index contributed by atoms with van der Waals surface area (Å²) in [6.07, 6.45) is 3.56. The minimum Gasteiger partial charge on any atom is -0.431 e. The first kappa shape index (κ1) is 52.9. The summed E-state index contributed by atoms with van der Waals surface area (Å²) in [6, 6.07) is 23.8. The number of nitrogens with one attached hydrogen (secondary N) is 2. The number of H-pyrrole nitrogens is 2. The zero-order valence-corrected chi connectivity index (χ0v) is 42.1. The number of rotatable bonds is 23. The molecular weight excluding hydrogens is 1030 g/mol. The lowest BCUT2D eigenvalue weighted by Crippen LogP contribution is -2.13. The predicted molar refractivity (Wildman–Crippen MR) is 270 cm³/mol. The Hall–Kier alpha value is -7.37. The third-order valence-electron chi connectivity index (χ3n) is 10.4. The molecule has 0 saturated heterocycles. The van der Waals surface area contributed by atoms with E-state index in [1.165, 1.54) is 18.9 Å². The number of benzene rings is 3. The van der Waals surface area contributed by atoms with Crippen molar-refractivity contribution in [2.24, 2.45) is 0 Å². The number of halogens is 1. The third-order valence-corrected chi connectivity index (χ3v) is 13.8. The molecule has 7 aromatic rings. The second-order valence-corrected chi connectivity index (χ2v) is 20.4. The molecule has 6 heterocycles. The third kappa shape index (κ3) is 14.2. The number of hydrogen-bond donors (Lipinski definition) is 4. The molecule has 2 atom stereocenters. The highest BCUT2D eigenvalue weighted by molar-refractivity contribution is 7.53. The number of hydrogen-bond acceptors (Lipinski definition) is 20. The summed E-state index contributed by atoms with van der Waals surface area (Å²) < 4.78 is 85.8. The average molecular weight is 1080 g/mol. The van der Waals surface area contributed by atoms with E-state index in [2.05, 4.69) is 43.1 Å². The molecule has 2 aliphatic rings. The Morgan fingerprint density at radius 2 is 1.19 bits per heavy atom. The van der Waals surface area contributed by atoms with Crippen LogP contribution in [0.1, 0.15) is 22.3 Å². The lowest BCUT2D eigenvalue weighted by molar-refractivity contribution is 0.114. The highest BCUT2D eigenvalue weighted by Crippen LogP contribution is 2.51. The molecular formula is C47H49ClN10O14P2. The van der Waals surface area contributed by atoms with E-state index in [9.17, 15) is 18.7 Å². The molecule has 0 fully saturated rings. The zero-order valence-electron chi connectivity index (χ0n) is 39.5. The van der Waals surface area contributed by atoms with Crippen molar-refractivity contribution in [2.45, 2.75) is 33.2 Å². The number of ether oxygens (including phenoxy) is 6. The molecule has 27 heteroatoms. The Balaban J connectivity index is 0.000000200. The van der Waals surface area contributed by atoms with Crippen LogP contribution in [-0.4, -0.2) is 78.2 Å².